The molecule has 2 rings (SSSR count). The van der Waals surface area contributed by atoms with Crippen LogP contribution in [0.2, 0.25) is 0 Å². The van der Waals surface area contributed by atoms with Gasteiger partial charge >= 0.3 is 0 Å². The first-order valence-corrected chi connectivity index (χ1v) is 4.63. The number of nitrogens with two attached hydrogens (primary N) is 1. The number of anilines is 1. The first-order valence-electron chi connectivity index (χ1n) is 4.63. The second-order valence-corrected chi connectivity index (χ2v) is 4.09. The Labute approximate surface area is 86.7 Å². The van der Waals surface area contributed by atoms with Crippen LogP contribution >= 0.6 is 0 Å². The number of fused-ring (bicyclic) bond motifs is 1. The highest BCUT2D eigenvalue weighted by molar-refractivity contribution is 5.42. The third-order valence-electron chi connectivity index (χ3n) is 1.79. The van der Waals surface area contributed by atoms with Gasteiger partial charge in [0.15, 0.2) is 5.65 Å². The topological polar surface area (TPSA) is 94.0 Å². The van der Waals surface area contributed by atoms with Crippen LogP contribution in [0.15, 0.2) is 12.1 Å². The molecule has 0 amide bonds. The third-order valence-corrected chi connectivity index (χ3v) is 1.79. The number of nitrogens with one attached hydrogen (secondary N) is 1. The molecule has 0 bridgehead atoms. The molecule has 0 aliphatic carbocycles. The fourth-order valence-electron chi connectivity index (χ4n) is 1.06. The minimum atomic E-state index is -0.281. The van der Waals surface area contributed by atoms with Crippen LogP contribution < -0.4 is 11.1 Å². The summed E-state index contributed by atoms with van der Waals surface area (Å²) in [5, 5.41) is 18.2. The van der Waals surface area contributed by atoms with Gasteiger partial charge < -0.3 is 11.1 Å². The van der Waals surface area contributed by atoms with Crippen molar-refractivity contribution in [2.24, 2.45) is 5.73 Å². The zero-order chi connectivity index (χ0) is 10.9. The number of hydrogen-bond acceptors (Lipinski definition) is 6. The van der Waals surface area contributed by atoms with E-state index in [-0.39, 0.29) is 5.54 Å². The van der Waals surface area contributed by atoms with Crippen molar-refractivity contribution in [2.75, 3.05) is 11.9 Å². The van der Waals surface area contributed by atoms with Gasteiger partial charge in [0.05, 0.1) is 0 Å². The maximum Gasteiger partial charge on any atom is 0.200 e. The molecule has 3 N–H and O–H groups in total. The Kier molecular flexibility index (Phi) is 2.24. The SMILES string of the molecule is CC(C)(N)CNc1ccc2nnnn2n1. The van der Waals surface area contributed by atoms with E-state index in [0.717, 1.165) is 0 Å². The molecule has 0 atom stereocenters. The van der Waals surface area contributed by atoms with Crippen molar-refractivity contribution >= 4 is 11.5 Å². The van der Waals surface area contributed by atoms with Gasteiger partial charge in [-0.25, -0.2) is 0 Å². The average Bonchev–Trinajstić information content (AvgIpc) is 2.60. The van der Waals surface area contributed by atoms with Gasteiger partial charge in [-0.2, -0.15) is 0 Å². The predicted octanol–water partition coefficient (Wildman–Crippen LogP) is -0.332. The molecular weight excluding hydrogens is 194 g/mol. The van der Waals surface area contributed by atoms with Gasteiger partial charge in [-0.05, 0) is 36.4 Å². The Morgan fingerprint density at radius 2 is 2.27 bits per heavy atom. The minimum absolute atomic E-state index is 0.281. The smallest absolute Gasteiger partial charge is 0.200 e. The predicted molar refractivity (Wildman–Crippen MR) is 55.3 cm³/mol. The highest BCUT2D eigenvalue weighted by Crippen LogP contribution is 2.05. The second-order valence-electron chi connectivity index (χ2n) is 4.09. The third kappa shape index (κ3) is 2.38. The lowest BCUT2D eigenvalue weighted by molar-refractivity contribution is 0.547. The molecule has 7 heteroatoms. The van der Waals surface area contributed by atoms with Gasteiger partial charge in [0, 0.05) is 12.1 Å². The summed E-state index contributed by atoms with van der Waals surface area (Å²) in [4.78, 5) is 0. The van der Waals surface area contributed by atoms with Crippen molar-refractivity contribution in [3.63, 3.8) is 0 Å². The normalized spacial score (nSPS) is 11.9. The van der Waals surface area contributed by atoms with Gasteiger partial charge in [-0.3, -0.25) is 0 Å². The van der Waals surface area contributed by atoms with E-state index in [9.17, 15) is 0 Å². The summed E-state index contributed by atoms with van der Waals surface area (Å²) in [5.74, 6) is 0.702. The summed E-state index contributed by atoms with van der Waals surface area (Å²) in [7, 11) is 0. The monoisotopic (exact) mass is 207 g/mol. The maximum atomic E-state index is 5.84. The molecule has 2 aromatic heterocycles. The molecule has 0 aliphatic heterocycles. The zero-order valence-electron chi connectivity index (χ0n) is 8.68. The van der Waals surface area contributed by atoms with Crippen molar-refractivity contribution < 1.29 is 0 Å². The van der Waals surface area contributed by atoms with E-state index in [1.54, 1.807) is 6.07 Å². The van der Waals surface area contributed by atoms with Gasteiger partial charge in [0.25, 0.3) is 0 Å². The van der Waals surface area contributed by atoms with Crippen LogP contribution in [-0.2, 0) is 0 Å². The summed E-state index contributed by atoms with van der Waals surface area (Å²) in [6.07, 6.45) is 0. The molecule has 0 saturated heterocycles. The summed E-state index contributed by atoms with van der Waals surface area (Å²) in [6.45, 7) is 4.51. The first kappa shape index (κ1) is 9.78. The lowest BCUT2D eigenvalue weighted by Gasteiger charge is -2.18. The molecule has 0 spiro atoms. The molecular formula is C8H13N7. The van der Waals surface area contributed by atoms with Gasteiger partial charge in [-0.15, -0.1) is 14.8 Å². The molecule has 0 aromatic carbocycles. The van der Waals surface area contributed by atoms with E-state index in [4.69, 9.17) is 5.73 Å². The maximum absolute atomic E-state index is 5.84. The summed E-state index contributed by atoms with van der Waals surface area (Å²) in [5.41, 5.74) is 6.18. The average molecular weight is 207 g/mol. The highest BCUT2D eigenvalue weighted by Gasteiger charge is 2.10. The first-order chi connectivity index (χ1) is 7.04. The number of hydrogen-bond donors (Lipinski definition) is 2. The highest BCUT2D eigenvalue weighted by atomic mass is 15.6. The standard InChI is InChI=1S/C8H13N7/c1-8(2,9)5-10-6-3-4-7-11-13-14-15(7)12-6/h3-4H,5,9H2,1-2H3,(H,10,12). The van der Waals surface area contributed by atoms with E-state index >= 15 is 0 Å². The number of tetrazole rings is 1. The molecule has 0 aliphatic rings. The molecule has 80 valence electrons. The van der Waals surface area contributed by atoms with Crippen LogP contribution in [0.4, 0.5) is 5.82 Å². The van der Waals surface area contributed by atoms with Gasteiger partial charge in [-0.1, -0.05) is 0 Å². The second kappa shape index (κ2) is 3.43. The minimum Gasteiger partial charge on any atom is -0.367 e. The quantitative estimate of drug-likeness (QED) is 0.715. The molecule has 7 nitrogen and oxygen atoms in total. The Bertz CT molecular complexity index is 455. The lowest BCUT2D eigenvalue weighted by atomic mass is 10.1. The van der Waals surface area contributed by atoms with Crippen LogP contribution in [0.1, 0.15) is 13.8 Å². The van der Waals surface area contributed by atoms with E-state index in [0.29, 0.717) is 18.0 Å². The van der Waals surface area contributed by atoms with Crippen LogP contribution in [0, 0.1) is 0 Å². The van der Waals surface area contributed by atoms with Crippen molar-refractivity contribution in [1.29, 1.82) is 0 Å². The Morgan fingerprint density at radius 3 is 3.00 bits per heavy atom. The van der Waals surface area contributed by atoms with Crippen LogP contribution in [-0.4, -0.2) is 37.3 Å². The number of rotatable bonds is 3. The van der Waals surface area contributed by atoms with Crippen molar-refractivity contribution in [3.8, 4) is 0 Å². The van der Waals surface area contributed by atoms with E-state index in [1.807, 2.05) is 19.9 Å². The lowest BCUT2D eigenvalue weighted by Crippen LogP contribution is -2.39. The fourth-order valence-corrected chi connectivity index (χ4v) is 1.06. The zero-order valence-corrected chi connectivity index (χ0v) is 8.68. The molecule has 0 radical (unpaired) electrons. The van der Waals surface area contributed by atoms with Crippen LogP contribution in [0.3, 0.4) is 0 Å². The molecule has 0 saturated carbocycles. The molecule has 0 unspecified atom stereocenters. The summed E-state index contributed by atoms with van der Waals surface area (Å²) in [6, 6.07) is 3.61. The van der Waals surface area contributed by atoms with Crippen LogP contribution in [0.5, 0.6) is 0 Å². The van der Waals surface area contributed by atoms with Crippen molar-refractivity contribution in [3.05, 3.63) is 12.1 Å². The number of aromatic nitrogens is 5. The summed E-state index contributed by atoms with van der Waals surface area (Å²) < 4.78 is 1.37. The van der Waals surface area contributed by atoms with Gasteiger partial charge in [0.2, 0.25) is 0 Å². The van der Waals surface area contributed by atoms with E-state index in [1.165, 1.54) is 4.63 Å². The van der Waals surface area contributed by atoms with Crippen LogP contribution in [0.25, 0.3) is 5.65 Å². The molecule has 15 heavy (non-hydrogen) atoms. The molecule has 2 heterocycles. The van der Waals surface area contributed by atoms with Crippen molar-refractivity contribution in [1.82, 2.24) is 25.3 Å². The Morgan fingerprint density at radius 1 is 1.47 bits per heavy atom. The molecule has 2 aromatic rings. The fraction of sp³-hybridized carbons (Fsp3) is 0.500. The Hall–Kier alpha value is -1.76. The molecule has 0 fully saturated rings. The largest absolute Gasteiger partial charge is 0.367 e. The Balaban J connectivity index is 2.15. The van der Waals surface area contributed by atoms with E-state index in [2.05, 4.69) is 25.9 Å². The van der Waals surface area contributed by atoms with Crippen molar-refractivity contribution in [2.45, 2.75) is 19.4 Å². The summed E-state index contributed by atoms with van der Waals surface area (Å²) >= 11 is 0. The number of nitrogens with zero attached hydrogens (tertiary/aromatic N) is 5. The van der Waals surface area contributed by atoms with Gasteiger partial charge in [0.1, 0.15) is 5.82 Å². The van der Waals surface area contributed by atoms with E-state index < -0.39 is 0 Å².